The van der Waals surface area contributed by atoms with E-state index in [0.717, 1.165) is 16.7 Å². The van der Waals surface area contributed by atoms with Crippen LogP contribution in [0, 0.1) is 6.92 Å². The molecule has 0 saturated carbocycles. The highest BCUT2D eigenvalue weighted by Gasteiger charge is 2.22. The van der Waals surface area contributed by atoms with Crippen molar-refractivity contribution in [1.29, 1.82) is 0 Å². The molecular weight excluding hydrogens is 388 g/mol. The molecule has 0 aliphatic heterocycles. The first-order valence-electron chi connectivity index (χ1n) is 9.18. The van der Waals surface area contributed by atoms with E-state index in [9.17, 15) is 4.79 Å². The van der Waals surface area contributed by atoms with E-state index >= 15 is 0 Å². The van der Waals surface area contributed by atoms with Gasteiger partial charge in [-0.1, -0.05) is 58.7 Å². The van der Waals surface area contributed by atoms with Crippen LogP contribution in [0.2, 0.25) is 5.02 Å². The SMILES string of the molecule is Cc1ccc(-c2cc(C(=O)N(Cc3ccc(Cl)cc3)Cc3ccco3)no2)cc1. The van der Waals surface area contributed by atoms with Crippen molar-refractivity contribution in [2.45, 2.75) is 20.0 Å². The number of hydrogen-bond acceptors (Lipinski definition) is 4. The van der Waals surface area contributed by atoms with E-state index in [0.29, 0.717) is 29.6 Å². The van der Waals surface area contributed by atoms with Crippen molar-refractivity contribution in [3.8, 4) is 11.3 Å². The van der Waals surface area contributed by atoms with Gasteiger partial charge in [0.25, 0.3) is 5.91 Å². The molecular formula is C23H19ClN2O3. The Morgan fingerprint density at radius 1 is 1.03 bits per heavy atom. The second-order valence-corrected chi connectivity index (χ2v) is 7.25. The second-order valence-electron chi connectivity index (χ2n) is 6.81. The van der Waals surface area contributed by atoms with Crippen LogP contribution in [0.3, 0.4) is 0 Å². The largest absolute Gasteiger partial charge is 0.467 e. The van der Waals surface area contributed by atoms with Crippen LogP contribution < -0.4 is 0 Å². The number of furan rings is 1. The Kier molecular flexibility index (Phi) is 5.49. The molecule has 4 rings (SSSR count). The number of nitrogens with zero attached hydrogens (tertiary/aromatic N) is 2. The zero-order valence-corrected chi connectivity index (χ0v) is 16.6. The molecule has 2 aromatic heterocycles. The van der Waals surface area contributed by atoms with Gasteiger partial charge < -0.3 is 13.8 Å². The molecule has 29 heavy (non-hydrogen) atoms. The lowest BCUT2D eigenvalue weighted by Gasteiger charge is -2.20. The summed E-state index contributed by atoms with van der Waals surface area (Å²) in [5, 5.41) is 4.65. The van der Waals surface area contributed by atoms with Gasteiger partial charge in [0.1, 0.15) is 5.76 Å². The standard InChI is InChI=1S/C23H19ClN2O3/c1-16-4-8-18(9-5-16)22-13-21(25-29-22)23(27)26(15-20-3-2-12-28-20)14-17-6-10-19(24)11-7-17/h2-13H,14-15H2,1H3. The third-order valence-corrected chi connectivity index (χ3v) is 4.82. The maximum absolute atomic E-state index is 13.2. The summed E-state index contributed by atoms with van der Waals surface area (Å²) in [5.74, 6) is 1.01. The molecule has 0 aliphatic rings. The average Bonchev–Trinajstić information content (AvgIpc) is 3.41. The molecule has 0 atom stereocenters. The number of carbonyl (C=O) groups is 1. The fraction of sp³-hybridized carbons (Fsp3) is 0.130. The molecule has 0 radical (unpaired) electrons. The Morgan fingerprint density at radius 3 is 2.48 bits per heavy atom. The van der Waals surface area contributed by atoms with Gasteiger partial charge in [0, 0.05) is 23.2 Å². The summed E-state index contributed by atoms with van der Waals surface area (Å²) in [6, 6.07) is 20.6. The molecule has 0 fully saturated rings. The van der Waals surface area contributed by atoms with Crippen molar-refractivity contribution < 1.29 is 13.7 Å². The Morgan fingerprint density at radius 2 is 1.79 bits per heavy atom. The lowest BCUT2D eigenvalue weighted by molar-refractivity contribution is 0.0707. The van der Waals surface area contributed by atoms with Gasteiger partial charge in [0.2, 0.25) is 0 Å². The highest BCUT2D eigenvalue weighted by Crippen LogP contribution is 2.23. The number of amides is 1. The summed E-state index contributed by atoms with van der Waals surface area (Å²) < 4.78 is 10.9. The van der Waals surface area contributed by atoms with Crippen LogP contribution in [0.5, 0.6) is 0 Å². The number of halogens is 1. The smallest absolute Gasteiger partial charge is 0.276 e. The molecule has 0 saturated heterocycles. The van der Waals surface area contributed by atoms with Crippen molar-refractivity contribution in [2.75, 3.05) is 0 Å². The van der Waals surface area contributed by atoms with E-state index in [1.54, 1.807) is 35.4 Å². The fourth-order valence-electron chi connectivity index (χ4n) is 2.99. The first-order chi connectivity index (χ1) is 14.1. The first-order valence-corrected chi connectivity index (χ1v) is 9.56. The van der Waals surface area contributed by atoms with Gasteiger partial charge >= 0.3 is 0 Å². The highest BCUT2D eigenvalue weighted by atomic mass is 35.5. The van der Waals surface area contributed by atoms with Gasteiger partial charge in [0.05, 0.1) is 12.8 Å². The molecule has 0 unspecified atom stereocenters. The maximum Gasteiger partial charge on any atom is 0.276 e. The van der Waals surface area contributed by atoms with Gasteiger partial charge in [-0.15, -0.1) is 0 Å². The van der Waals surface area contributed by atoms with Gasteiger partial charge in [-0.25, -0.2) is 0 Å². The lowest BCUT2D eigenvalue weighted by Crippen LogP contribution is -2.30. The zero-order valence-electron chi connectivity index (χ0n) is 15.8. The van der Waals surface area contributed by atoms with E-state index in [2.05, 4.69) is 5.16 Å². The van der Waals surface area contributed by atoms with Crippen LogP contribution in [-0.2, 0) is 13.1 Å². The van der Waals surface area contributed by atoms with Crippen molar-refractivity contribution in [3.05, 3.63) is 101 Å². The molecule has 2 heterocycles. The summed E-state index contributed by atoms with van der Waals surface area (Å²) in [6.45, 7) is 2.73. The van der Waals surface area contributed by atoms with Crippen molar-refractivity contribution in [3.63, 3.8) is 0 Å². The Bertz CT molecular complexity index is 1080. The zero-order chi connectivity index (χ0) is 20.2. The topological polar surface area (TPSA) is 59.5 Å². The molecule has 6 heteroatoms. The molecule has 1 amide bonds. The Labute approximate surface area is 173 Å². The van der Waals surface area contributed by atoms with E-state index in [1.165, 1.54) is 0 Å². The molecule has 4 aromatic rings. The van der Waals surface area contributed by atoms with E-state index in [4.69, 9.17) is 20.5 Å². The molecule has 0 aliphatic carbocycles. The third kappa shape index (κ3) is 4.58. The van der Waals surface area contributed by atoms with Gasteiger partial charge in [-0.2, -0.15) is 0 Å². The van der Waals surface area contributed by atoms with Crippen LogP contribution >= 0.6 is 11.6 Å². The second kappa shape index (κ2) is 8.37. The monoisotopic (exact) mass is 406 g/mol. The predicted molar refractivity (Wildman–Crippen MR) is 110 cm³/mol. The minimum Gasteiger partial charge on any atom is -0.467 e. The third-order valence-electron chi connectivity index (χ3n) is 4.57. The Balaban J connectivity index is 1.58. The Hall–Kier alpha value is -3.31. The number of carbonyl (C=O) groups excluding carboxylic acids is 1. The van der Waals surface area contributed by atoms with Crippen LogP contribution in [0.4, 0.5) is 0 Å². The highest BCUT2D eigenvalue weighted by molar-refractivity contribution is 6.30. The minimum atomic E-state index is -0.238. The van der Waals surface area contributed by atoms with Crippen LogP contribution in [0.15, 0.2) is 81.9 Å². The van der Waals surface area contributed by atoms with Crippen LogP contribution in [-0.4, -0.2) is 16.0 Å². The normalized spacial score (nSPS) is 10.8. The van der Waals surface area contributed by atoms with Gasteiger partial charge in [0.15, 0.2) is 11.5 Å². The summed E-state index contributed by atoms with van der Waals surface area (Å²) >= 11 is 5.97. The number of aromatic nitrogens is 1. The van der Waals surface area contributed by atoms with Crippen LogP contribution in [0.1, 0.15) is 27.4 Å². The maximum atomic E-state index is 13.2. The summed E-state index contributed by atoms with van der Waals surface area (Å²) in [4.78, 5) is 14.8. The quantitative estimate of drug-likeness (QED) is 0.409. The van der Waals surface area contributed by atoms with Crippen molar-refractivity contribution >= 4 is 17.5 Å². The number of benzene rings is 2. The molecule has 2 aromatic carbocycles. The fourth-order valence-corrected chi connectivity index (χ4v) is 3.12. The molecule has 0 bridgehead atoms. The molecule has 5 nitrogen and oxygen atoms in total. The van der Waals surface area contributed by atoms with Crippen LogP contribution in [0.25, 0.3) is 11.3 Å². The van der Waals surface area contributed by atoms with E-state index < -0.39 is 0 Å². The first kappa shape index (κ1) is 19.0. The predicted octanol–water partition coefficient (Wildman–Crippen LogP) is 5.74. The van der Waals surface area contributed by atoms with E-state index in [1.807, 2.05) is 49.4 Å². The number of aryl methyl sites for hydroxylation is 1. The lowest BCUT2D eigenvalue weighted by atomic mass is 10.1. The van der Waals surface area contributed by atoms with Gasteiger partial charge in [-0.05, 0) is 36.8 Å². The molecule has 0 N–H and O–H groups in total. The number of hydrogen-bond donors (Lipinski definition) is 0. The minimum absolute atomic E-state index is 0.238. The number of rotatable bonds is 6. The summed E-state index contributed by atoms with van der Waals surface area (Å²) in [5.41, 5.74) is 3.23. The van der Waals surface area contributed by atoms with Crippen molar-refractivity contribution in [2.24, 2.45) is 0 Å². The summed E-state index contributed by atoms with van der Waals surface area (Å²) in [7, 11) is 0. The van der Waals surface area contributed by atoms with Gasteiger partial charge in [-0.3, -0.25) is 4.79 Å². The molecule has 0 spiro atoms. The molecule has 146 valence electrons. The average molecular weight is 407 g/mol. The summed E-state index contributed by atoms with van der Waals surface area (Å²) in [6.07, 6.45) is 1.59. The van der Waals surface area contributed by atoms with Crippen molar-refractivity contribution in [1.82, 2.24) is 10.1 Å². The van der Waals surface area contributed by atoms with E-state index in [-0.39, 0.29) is 11.6 Å².